The van der Waals surface area contributed by atoms with Crippen molar-refractivity contribution in [3.63, 3.8) is 0 Å². The van der Waals surface area contributed by atoms with Crippen molar-refractivity contribution in [2.75, 3.05) is 25.0 Å². The molecule has 1 atom stereocenters. The second-order valence-electron chi connectivity index (χ2n) is 5.71. The van der Waals surface area contributed by atoms with Crippen LogP contribution in [0.4, 0.5) is 5.69 Å². The molecule has 0 spiro atoms. The van der Waals surface area contributed by atoms with Crippen LogP contribution in [-0.2, 0) is 0 Å². The van der Waals surface area contributed by atoms with Crippen LogP contribution >= 0.6 is 11.6 Å². The SMILES string of the molecule is CCN(CC)CCCC(C)Nc1ccnc2c(Cl)cccc12. The molecule has 0 aliphatic carbocycles. The van der Waals surface area contributed by atoms with E-state index in [0.717, 1.165) is 36.1 Å². The van der Waals surface area contributed by atoms with E-state index in [2.05, 4.69) is 42.0 Å². The molecule has 4 heteroatoms. The molecular weight excluding hydrogens is 294 g/mol. The summed E-state index contributed by atoms with van der Waals surface area (Å²) in [5.41, 5.74) is 1.98. The number of aromatic nitrogens is 1. The maximum absolute atomic E-state index is 6.22. The lowest BCUT2D eigenvalue weighted by atomic mass is 10.1. The smallest absolute Gasteiger partial charge is 0.0908 e. The average Bonchev–Trinajstić information content (AvgIpc) is 2.53. The van der Waals surface area contributed by atoms with Gasteiger partial charge in [-0.3, -0.25) is 4.98 Å². The molecule has 0 bridgehead atoms. The van der Waals surface area contributed by atoms with E-state index in [1.54, 1.807) is 0 Å². The van der Waals surface area contributed by atoms with Gasteiger partial charge in [-0.1, -0.05) is 37.6 Å². The quantitative estimate of drug-likeness (QED) is 0.756. The molecule has 1 aromatic heterocycles. The summed E-state index contributed by atoms with van der Waals surface area (Å²) in [6.07, 6.45) is 4.18. The van der Waals surface area contributed by atoms with E-state index in [1.807, 2.05) is 24.4 Å². The van der Waals surface area contributed by atoms with Crippen LogP contribution in [0.25, 0.3) is 10.9 Å². The van der Waals surface area contributed by atoms with Gasteiger partial charge < -0.3 is 10.2 Å². The lowest BCUT2D eigenvalue weighted by Crippen LogP contribution is -2.25. The van der Waals surface area contributed by atoms with Crippen molar-refractivity contribution in [2.24, 2.45) is 0 Å². The summed E-state index contributed by atoms with van der Waals surface area (Å²) in [4.78, 5) is 6.84. The number of halogens is 1. The van der Waals surface area contributed by atoms with Crippen molar-refractivity contribution in [1.29, 1.82) is 0 Å². The zero-order valence-corrected chi connectivity index (χ0v) is 14.5. The highest BCUT2D eigenvalue weighted by atomic mass is 35.5. The van der Waals surface area contributed by atoms with Crippen LogP contribution in [0.3, 0.4) is 0 Å². The third-order valence-corrected chi connectivity index (χ3v) is 4.43. The van der Waals surface area contributed by atoms with E-state index in [4.69, 9.17) is 11.6 Å². The van der Waals surface area contributed by atoms with E-state index in [-0.39, 0.29) is 0 Å². The predicted molar refractivity (Wildman–Crippen MR) is 96.9 cm³/mol. The Labute approximate surface area is 138 Å². The Morgan fingerprint density at radius 3 is 2.73 bits per heavy atom. The van der Waals surface area contributed by atoms with E-state index in [1.165, 1.54) is 13.0 Å². The summed E-state index contributed by atoms with van der Waals surface area (Å²) in [7, 11) is 0. The van der Waals surface area contributed by atoms with Gasteiger partial charge in [-0.2, -0.15) is 0 Å². The van der Waals surface area contributed by atoms with Crippen LogP contribution in [0.1, 0.15) is 33.6 Å². The van der Waals surface area contributed by atoms with Gasteiger partial charge in [0.15, 0.2) is 0 Å². The molecule has 120 valence electrons. The number of anilines is 1. The van der Waals surface area contributed by atoms with Crippen molar-refractivity contribution in [2.45, 2.75) is 39.7 Å². The van der Waals surface area contributed by atoms with Gasteiger partial charge in [-0.05, 0) is 51.5 Å². The molecule has 22 heavy (non-hydrogen) atoms. The average molecular weight is 320 g/mol. The Hall–Kier alpha value is -1.32. The largest absolute Gasteiger partial charge is 0.382 e. The van der Waals surface area contributed by atoms with Gasteiger partial charge in [-0.15, -0.1) is 0 Å². The Bertz CT molecular complexity index is 596. The van der Waals surface area contributed by atoms with Crippen molar-refractivity contribution in [3.05, 3.63) is 35.5 Å². The van der Waals surface area contributed by atoms with Gasteiger partial charge in [0, 0.05) is 23.3 Å². The van der Waals surface area contributed by atoms with Gasteiger partial charge in [0.1, 0.15) is 0 Å². The minimum Gasteiger partial charge on any atom is -0.382 e. The number of nitrogens with zero attached hydrogens (tertiary/aromatic N) is 2. The van der Waals surface area contributed by atoms with E-state index < -0.39 is 0 Å². The highest BCUT2D eigenvalue weighted by molar-refractivity contribution is 6.35. The maximum atomic E-state index is 6.22. The number of benzene rings is 1. The maximum Gasteiger partial charge on any atom is 0.0908 e. The lowest BCUT2D eigenvalue weighted by Gasteiger charge is -2.20. The van der Waals surface area contributed by atoms with Crippen LogP contribution in [-0.4, -0.2) is 35.6 Å². The zero-order valence-electron chi connectivity index (χ0n) is 13.8. The third-order valence-electron chi connectivity index (χ3n) is 4.13. The molecule has 1 unspecified atom stereocenters. The minimum atomic E-state index is 0.431. The fourth-order valence-electron chi connectivity index (χ4n) is 2.76. The molecule has 1 heterocycles. The second kappa shape index (κ2) is 8.35. The zero-order chi connectivity index (χ0) is 15.9. The molecule has 0 aliphatic rings. The van der Waals surface area contributed by atoms with Crippen LogP contribution in [0.15, 0.2) is 30.5 Å². The van der Waals surface area contributed by atoms with Gasteiger partial charge >= 0.3 is 0 Å². The van der Waals surface area contributed by atoms with Gasteiger partial charge in [0.05, 0.1) is 10.5 Å². The monoisotopic (exact) mass is 319 g/mol. The molecule has 0 saturated heterocycles. The van der Waals surface area contributed by atoms with Gasteiger partial charge in [0.2, 0.25) is 0 Å². The summed E-state index contributed by atoms with van der Waals surface area (Å²) >= 11 is 6.22. The Morgan fingerprint density at radius 1 is 1.23 bits per heavy atom. The summed E-state index contributed by atoms with van der Waals surface area (Å²) in [6.45, 7) is 10.1. The first-order valence-electron chi connectivity index (χ1n) is 8.17. The topological polar surface area (TPSA) is 28.2 Å². The summed E-state index contributed by atoms with van der Waals surface area (Å²) < 4.78 is 0. The first kappa shape index (κ1) is 17.0. The Kier molecular flexibility index (Phi) is 6.47. The normalized spacial score (nSPS) is 12.8. The number of fused-ring (bicyclic) bond motifs is 1. The predicted octanol–water partition coefficient (Wildman–Crippen LogP) is 4.81. The standard InChI is InChI=1S/C18H26ClN3/c1-4-22(5-2)13-7-8-14(3)21-17-11-12-20-18-15(17)9-6-10-16(18)19/h6,9-12,14H,4-5,7-8,13H2,1-3H3,(H,20,21). The molecule has 0 saturated carbocycles. The Balaban J connectivity index is 1.97. The van der Waals surface area contributed by atoms with Crippen LogP contribution in [0.5, 0.6) is 0 Å². The van der Waals surface area contributed by atoms with E-state index >= 15 is 0 Å². The molecule has 0 fully saturated rings. The lowest BCUT2D eigenvalue weighted by molar-refractivity contribution is 0.295. The highest BCUT2D eigenvalue weighted by Crippen LogP contribution is 2.27. The summed E-state index contributed by atoms with van der Waals surface area (Å²) in [5.74, 6) is 0. The molecule has 2 aromatic rings. The molecule has 0 amide bonds. The van der Waals surface area contributed by atoms with Crippen molar-refractivity contribution < 1.29 is 0 Å². The number of pyridine rings is 1. The molecule has 0 aliphatic heterocycles. The molecule has 0 radical (unpaired) electrons. The Morgan fingerprint density at radius 2 is 2.00 bits per heavy atom. The first-order valence-corrected chi connectivity index (χ1v) is 8.55. The summed E-state index contributed by atoms with van der Waals surface area (Å²) in [5, 5.41) is 5.40. The van der Waals surface area contributed by atoms with Gasteiger partial charge in [0.25, 0.3) is 0 Å². The summed E-state index contributed by atoms with van der Waals surface area (Å²) in [6, 6.07) is 8.38. The number of hydrogen-bond acceptors (Lipinski definition) is 3. The van der Waals surface area contributed by atoms with Crippen molar-refractivity contribution in [3.8, 4) is 0 Å². The van der Waals surface area contributed by atoms with Crippen molar-refractivity contribution in [1.82, 2.24) is 9.88 Å². The molecule has 1 N–H and O–H groups in total. The fraction of sp³-hybridized carbons (Fsp3) is 0.500. The van der Waals surface area contributed by atoms with Crippen molar-refractivity contribution >= 4 is 28.2 Å². The van der Waals surface area contributed by atoms with Crippen LogP contribution < -0.4 is 5.32 Å². The number of para-hydroxylation sites is 1. The number of rotatable bonds is 8. The molecular formula is C18H26ClN3. The third kappa shape index (κ3) is 4.34. The van der Waals surface area contributed by atoms with E-state index in [0.29, 0.717) is 11.1 Å². The van der Waals surface area contributed by atoms with Crippen LogP contribution in [0, 0.1) is 0 Å². The highest BCUT2D eigenvalue weighted by Gasteiger charge is 2.08. The minimum absolute atomic E-state index is 0.431. The van der Waals surface area contributed by atoms with E-state index in [9.17, 15) is 0 Å². The molecule has 2 rings (SSSR count). The number of nitrogens with one attached hydrogen (secondary N) is 1. The van der Waals surface area contributed by atoms with Gasteiger partial charge in [-0.25, -0.2) is 0 Å². The first-order chi connectivity index (χ1) is 10.7. The fourth-order valence-corrected chi connectivity index (χ4v) is 2.99. The van der Waals surface area contributed by atoms with Crippen LogP contribution in [0.2, 0.25) is 5.02 Å². The molecule has 1 aromatic carbocycles. The second-order valence-corrected chi connectivity index (χ2v) is 6.12. The number of hydrogen-bond donors (Lipinski definition) is 1. The molecule has 3 nitrogen and oxygen atoms in total.